The minimum Gasteiger partial charge on any atom is -0.370 e. The molecule has 21 heavy (non-hydrogen) atoms. The Balaban J connectivity index is 2.75. The van der Waals surface area contributed by atoms with Gasteiger partial charge in [-0.15, -0.1) is 0 Å². The fourth-order valence-electron chi connectivity index (χ4n) is 1.71. The molecular formula is C15H24N4O2. The highest BCUT2D eigenvalue weighted by Gasteiger charge is 2.22. The number of pyridine rings is 1. The second-order valence-electron chi connectivity index (χ2n) is 5.86. The lowest BCUT2D eigenvalue weighted by atomic mass is 10.1. The molecule has 116 valence electrons. The fourth-order valence-corrected chi connectivity index (χ4v) is 1.71. The first-order valence-corrected chi connectivity index (χ1v) is 7.06. The van der Waals surface area contributed by atoms with E-state index in [0.717, 1.165) is 0 Å². The Labute approximate surface area is 125 Å². The molecule has 2 amide bonds. The number of hydrogen-bond acceptors (Lipinski definition) is 4. The minimum absolute atomic E-state index is 0.218. The summed E-state index contributed by atoms with van der Waals surface area (Å²) in [7, 11) is 0. The fraction of sp³-hybridized carbons (Fsp3) is 0.533. The van der Waals surface area contributed by atoms with Crippen molar-refractivity contribution in [2.75, 3.05) is 11.9 Å². The molecular weight excluding hydrogens is 268 g/mol. The quantitative estimate of drug-likeness (QED) is 0.769. The van der Waals surface area contributed by atoms with E-state index >= 15 is 0 Å². The van der Waals surface area contributed by atoms with Crippen molar-refractivity contribution in [1.82, 2.24) is 15.6 Å². The zero-order valence-electron chi connectivity index (χ0n) is 13.3. The van der Waals surface area contributed by atoms with Crippen molar-refractivity contribution in [3.8, 4) is 0 Å². The Hall–Kier alpha value is -2.11. The summed E-state index contributed by atoms with van der Waals surface area (Å²) < 4.78 is 0. The molecule has 0 bridgehead atoms. The molecule has 0 aliphatic rings. The van der Waals surface area contributed by atoms with Gasteiger partial charge in [0.15, 0.2) is 0 Å². The van der Waals surface area contributed by atoms with Crippen LogP contribution in [-0.2, 0) is 4.79 Å². The number of nitrogens with one attached hydrogen (secondary N) is 3. The summed E-state index contributed by atoms with van der Waals surface area (Å²) in [5, 5.41) is 8.54. The van der Waals surface area contributed by atoms with Crippen LogP contribution in [0.25, 0.3) is 0 Å². The van der Waals surface area contributed by atoms with Gasteiger partial charge >= 0.3 is 0 Å². The van der Waals surface area contributed by atoms with Gasteiger partial charge in [-0.3, -0.25) is 9.59 Å². The first kappa shape index (κ1) is 16.9. The molecule has 1 atom stereocenters. The Morgan fingerprint density at radius 3 is 2.57 bits per heavy atom. The van der Waals surface area contributed by atoms with Gasteiger partial charge in [-0.25, -0.2) is 4.98 Å². The predicted octanol–water partition coefficient (Wildman–Crippen LogP) is 1.55. The van der Waals surface area contributed by atoms with E-state index in [1.54, 1.807) is 25.3 Å². The maximum absolute atomic E-state index is 12.2. The molecule has 0 saturated heterocycles. The van der Waals surface area contributed by atoms with Gasteiger partial charge in [-0.1, -0.05) is 0 Å². The molecule has 1 rings (SSSR count). The molecule has 0 aliphatic heterocycles. The smallest absolute Gasteiger partial charge is 0.255 e. The highest BCUT2D eigenvalue weighted by atomic mass is 16.2. The van der Waals surface area contributed by atoms with Gasteiger partial charge in [0.1, 0.15) is 11.9 Å². The summed E-state index contributed by atoms with van der Waals surface area (Å²) in [6.45, 7) is 9.92. The average molecular weight is 292 g/mol. The zero-order chi connectivity index (χ0) is 16.0. The number of hydrogen-bond donors (Lipinski definition) is 3. The third kappa shape index (κ3) is 5.41. The Bertz CT molecular complexity index is 509. The van der Waals surface area contributed by atoms with Crippen molar-refractivity contribution < 1.29 is 9.59 Å². The van der Waals surface area contributed by atoms with Crippen molar-refractivity contribution in [3.63, 3.8) is 0 Å². The van der Waals surface area contributed by atoms with Crippen LogP contribution in [0, 0.1) is 0 Å². The van der Waals surface area contributed by atoms with E-state index in [1.165, 1.54) is 0 Å². The summed E-state index contributed by atoms with van der Waals surface area (Å²) in [4.78, 5) is 28.4. The van der Waals surface area contributed by atoms with Gasteiger partial charge < -0.3 is 16.0 Å². The normalized spacial score (nSPS) is 12.4. The lowest BCUT2D eigenvalue weighted by molar-refractivity contribution is -0.124. The SMILES string of the molecule is CCNc1ncccc1C(=O)NC(C)C(=O)NC(C)(C)C. The summed E-state index contributed by atoms with van der Waals surface area (Å²) in [5.41, 5.74) is 0.0917. The molecule has 0 aromatic carbocycles. The number of anilines is 1. The standard InChI is InChI=1S/C15H24N4O2/c1-6-16-12-11(8-7-9-17-12)14(21)18-10(2)13(20)19-15(3,4)5/h7-10H,6H2,1-5H3,(H,16,17)(H,18,21)(H,19,20). The van der Waals surface area contributed by atoms with Crippen LogP contribution in [-0.4, -0.2) is 34.9 Å². The van der Waals surface area contributed by atoms with E-state index in [1.807, 2.05) is 27.7 Å². The van der Waals surface area contributed by atoms with Gasteiger partial charge in [0.25, 0.3) is 5.91 Å². The van der Waals surface area contributed by atoms with Crippen LogP contribution >= 0.6 is 0 Å². The maximum Gasteiger partial charge on any atom is 0.255 e. The third-order valence-electron chi connectivity index (χ3n) is 2.64. The van der Waals surface area contributed by atoms with Crippen LogP contribution in [0.2, 0.25) is 0 Å². The Morgan fingerprint density at radius 1 is 1.33 bits per heavy atom. The molecule has 0 saturated carbocycles. The highest BCUT2D eigenvalue weighted by molar-refractivity contribution is 6.01. The molecule has 1 heterocycles. The first-order chi connectivity index (χ1) is 9.74. The summed E-state index contributed by atoms with van der Waals surface area (Å²) in [6.07, 6.45) is 1.62. The summed E-state index contributed by atoms with van der Waals surface area (Å²) in [6, 6.07) is 2.75. The van der Waals surface area contributed by atoms with Crippen LogP contribution in [0.3, 0.4) is 0 Å². The second-order valence-corrected chi connectivity index (χ2v) is 5.86. The Morgan fingerprint density at radius 2 is 2.00 bits per heavy atom. The lowest BCUT2D eigenvalue weighted by Crippen LogP contribution is -2.50. The molecule has 0 fully saturated rings. The topological polar surface area (TPSA) is 83.1 Å². The predicted molar refractivity (Wildman–Crippen MR) is 83.2 cm³/mol. The molecule has 0 spiro atoms. The number of amides is 2. The molecule has 1 unspecified atom stereocenters. The molecule has 0 aliphatic carbocycles. The van der Waals surface area contributed by atoms with E-state index in [-0.39, 0.29) is 17.4 Å². The van der Waals surface area contributed by atoms with Crippen LogP contribution in [0.15, 0.2) is 18.3 Å². The van der Waals surface area contributed by atoms with E-state index in [0.29, 0.717) is 17.9 Å². The van der Waals surface area contributed by atoms with Gasteiger partial charge in [0.2, 0.25) is 5.91 Å². The van der Waals surface area contributed by atoms with Gasteiger partial charge in [-0.2, -0.15) is 0 Å². The average Bonchev–Trinajstić information content (AvgIpc) is 2.37. The van der Waals surface area contributed by atoms with Crippen molar-refractivity contribution in [1.29, 1.82) is 0 Å². The number of nitrogens with zero attached hydrogens (tertiary/aromatic N) is 1. The van der Waals surface area contributed by atoms with Crippen LogP contribution < -0.4 is 16.0 Å². The molecule has 6 nitrogen and oxygen atoms in total. The van der Waals surface area contributed by atoms with E-state index in [2.05, 4.69) is 20.9 Å². The lowest BCUT2D eigenvalue weighted by Gasteiger charge is -2.23. The van der Waals surface area contributed by atoms with Gasteiger partial charge in [-0.05, 0) is 46.8 Å². The number of aromatic nitrogens is 1. The summed E-state index contributed by atoms with van der Waals surface area (Å²) in [5.74, 6) is -0.0266. The first-order valence-electron chi connectivity index (χ1n) is 7.06. The van der Waals surface area contributed by atoms with Gasteiger partial charge in [0.05, 0.1) is 5.56 Å². The minimum atomic E-state index is -0.619. The molecule has 1 aromatic heterocycles. The zero-order valence-corrected chi connectivity index (χ0v) is 13.3. The highest BCUT2D eigenvalue weighted by Crippen LogP contribution is 2.11. The van der Waals surface area contributed by atoms with Crippen molar-refractivity contribution in [2.45, 2.75) is 46.2 Å². The van der Waals surface area contributed by atoms with Crippen molar-refractivity contribution >= 4 is 17.6 Å². The monoisotopic (exact) mass is 292 g/mol. The Kier molecular flexibility index (Phi) is 5.69. The largest absolute Gasteiger partial charge is 0.370 e. The maximum atomic E-state index is 12.2. The summed E-state index contributed by atoms with van der Waals surface area (Å²) >= 11 is 0. The molecule has 0 radical (unpaired) electrons. The number of carbonyl (C=O) groups excluding carboxylic acids is 2. The van der Waals surface area contributed by atoms with Crippen LogP contribution in [0.1, 0.15) is 45.0 Å². The molecule has 1 aromatic rings. The van der Waals surface area contributed by atoms with Crippen molar-refractivity contribution in [2.24, 2.45) is 0 Å². The van der Waals surface area contributed by atoms with E-state index < -0.39 is 6.04 Å². The van der Waals surface area contributed by atoms with Gasteiger partial charge in [0, 0.05) is 18.3 Å². The van der Waals surface area contributed by atoms with Crippen molar-refractivity contribution in [3.05, 3.63) is 23.9 Å². The third-order valence-corrected chi connectivity index (χ3v) is 2.64. The van der Waals surface area contributed by atoms with Crippen LogP contribution in [0.5, 0.6) is 0 Å². The molecule has 3 N–H and O–H groups in total. The second kappa shape index (κ2) is 7.06. The number of carbonyl (C=O) groups is 2. The number of rotatable bonds is 5. The molecule has 6 heteroatoms. The van der Waals surface area contributed by atoms with E-state index in [4.69, 9.17) is 0 Å². The van der Waals surface area contributed by atoms with Crippen LogP contribution in [0.4, 0.5) is 5.82 Å². The van der Waals surface area contributed by atoms with E-state index in [9.17, 15) is 9.59 Å².